The molecular formula is C8H7BrN4OS. The van der Waals surface area contributed by atoms with Crippen LogP contribution in [0.25, 0.3) is 0 Å². The lowest BCUT2D eigenvalue weighted by Gasteiger charge is -1.99. The number of nitrogens with zero attached hydrogens (tertiary/aromatic N) is 2. The Kier molecular flexibility index (Phi) is 3.12. The summed E-state index contributed by atoms with van der Waals surface area (Å²) in [5.41, 5.74) is 0.297. The third-order valence-corrected chi connectivity index (χ3v) is 3.39. The first kappa shape index (κ1) is 10.3. The Morgan fingerprint density at radius 1 is 1.67 bits per heavy atom. The predicted octanol–water partition coefficient (Wildman–Crippen LogP) is 1.56. The van der Waals surface area contributed by atoms with Gasteiger partial charge in [0.25, 0.3) is 5.91 Å². The Hall–Kier alpha value is -1.21. The van der Waals surface area contributed by atoms with Crippen molar-refractivity contribution in [2.24, 2.45) is 0 Å². The van der Waals surface area contributed by atoms with Crippen LogP contribution in [0.3, 0.4) is 0 Å². The zero-order valence-corrected chi connectivity index (χ0v) is 9.93. The highest BCUT2D eigenvalue weighted by Gasteiger charge is 2.08. The molecular weight excluding hydrogens is 280 g/mol. The summed E-state index contributed by atoms with van der Waals surface area (Å²) in [6.07, 6.45) is 1.39. The van der Waals surface area contributed by atoms with E-state index >= 15 is 0 Å². The van der Waals surface area contributed by atoms with Crippen molar-refractivity contribution in [3.8, 4) is 0 Å². The predicted molar refractivity (Wildman–Crippen MR) is 59.6 cm³/mol. The summed E-state index contributed by atoms with van der Waals surface area (Å²) < 4.78 is 1.03. The van der Waals surface area contributed by atoms with Crippen LogP contribution in [-0.4, -0.2) is 21.3 Å². The molecule has 2 aromatic rings. The Morgan fingerprint density at radius 3 is 3.13 bits per heavy atom. The van der Waals surface area contributed by atoms with E-state index < -0.39 is 0 Å². The number of aromatic amines is 1. The fourth-order valence-electron chi connectivity index (χ4n) is 1.02. The van der Waals surface area contributed by atoms with E-state index in [4.69, 9.17) is 0 Å². The van der Waals surface area contributed by atoms with Gasteiger partial charge in [-0.3, -0.25) is 4.79 Å². The van der Waals surface area contributed by atoms with E-state index in [0.29, 0.717) is 12.2 Å². The van der Waals surface area contributed by atoms with Crippen LogP contribution in [0.1, 0.15) is 15.4 Å². The topological polar surface area (TPSA) is 70.7 Å². The lowest BCUT2D eigenvalue weighted by atomic mass is 10.4. The molecule has 15 heavy (non-hydrogen) atoms. The van der Waals surface area contributed by atoms with E-state index in [1.807, 2.05) is 11.4 Å². The Balaban J connectivity index is 1.91. The number of H-pyrrole nitrogens is 1. The molecule has 0 saturated heterocycles. The quantitative estimate of drug-likeness (QED) is 0.900. The number of halogens is 1. The van der Waals surface area contributed by atoms with Crippen LogP contribution in [0, 0.1) is 0 Å². The molecule has 0 unspecified atom stereocenters. The van der Waals surface area contributed by atoms with Gasteiger partial charge in [0.05, 0.1) is 12.7 Å². The van der Waals surface area contributed by atoms with Gasteiger partial charge in [0, 0.05) is 14.7 Å². The molecule has 0 aromatic carbocycles. The summed E-state index contributed by atoms with van der Waals surface area (Å²) in [5.74, 6) is -0.228. The lowest BCUT2D eigenvalue weighted by molar-refractivity contribution is 0.0946. The second-order valence-electron chi connectivity index (χ2n) is 2.77. The number of hydrogen-bond acceptors (Lipinski definition) is 4. The molecule has 0 fully saturated rings. The van der Waals surface area contributed by atoms with Crippen LogP contribution in [0.15, 0.2) is 22.1 Å². The number of nitrogens with one attached hydrogen (secondary N) is 2. The van der Waals surface area contributed by atoms with E-state index in [-0.39, 0.29) is 5.91 Å². The summed E-state index contributed by atoms with van der Waals surface area (Å²) in [5, 5.41) is 14.3. The summed E-state index contributed by atoms with van der Waals surface area (Å²) in [4.78, 5) is 12.5. The van der Waals surface area contributed by atoms with Gasteiger partial charge in [0.15, 0.2) is 5.69 Å². The maximum absolute atomic E-state index is 11.4. The highest BCUT2D eigenvalue weighted by molar-refractivity contribution is 9.10. The molecule has 0 radical (unpaired) electrons. The van der Waals surface area contributed by atoms with E-state index in [9.17, 15) is 4.79 Å². The summed E-state index contributed by atoms with van der Waals surface area (Å²) >= 11 is 4.93. The van der Waals surface area contributed by atoms with E-state index in [0.717, 1.165) is 9.35 Å². The third kappa shape index (κ3) is 2.63. The van der Waals surface area contributed by atoms with Crippen molar-refractivity contribution in [3.63, 3.8) is 0 Å². The average molecular weight is 287 g/mol. The fraction of sp³-hybridized carbons (Fsp3) is 0.125. The molecule has 7 heteroatoms. The summed E-state index contributed by atoms with van der Waals surface area (Å²) in [6.45, 7) is 0.502. The van der Waals surface area contributed by atoms with Crippen molar-refractivity contribution >= 4 is 33.2 Å². The van der Waals surface area contributed by atoms with Gasteiger partial charge >= 0.3 is 0 Å². The highest BCUT2D eigenvalue weighted by Crippen LogP contribution is 2.19. The highest BCUT2D eigenvalue weighted by atomic mass is 79.9. The molecule has 2 rings (SSSR count). The minimum Gasteiger partial charge on any atom is -0.346 e. The minimum absolute atomic E-state index is 0.228. The van der Waals surface area contributed by atoms with E-state index in [1.165, 1.54) is 6.20 Å². The maximum atomic E-state index is 11.4. The van der Waals surface area contributed by atoms with Crippen molar-refractivity contribution < 1.29 is 4.79 Å². The van der Waals surface area contributed by atoms with Crippen LogP contribution in [-0.2, 0) is 6.54 Å². The Labute approximate surface area is 98.0 Å². The van der Waals surface area contributed by atoms with Crippen LogP contribution in [0.4, 0.5) is 0 Å². The first-order valence-electron chi connectivity index (χ1n) is 4.12. The van der Waals surface area contributed by atoms with Gasteiger partial charge in [-0.15, -0.1) is 11.3 Å². The molecule has 0 aliphatic carbocycles. The van der Waals surface area contributed by atoms with Crippen LogP contribution >= 0.6 is 27.3 Å². The zero-order chi connectivity index (χ0) is 10.7. The fourth-order valence-corrected chi connectivity index (χ4v) is 2.41. The van der Waals surface area contributed by atoms with Crippen molar-refractivity contribution in [2.75, 3.05) is 0 Å². The van der Waals surface area contributed by atoms with E-state index in [1.54, 1.807) is 11.3 Å². The van der Waals surface area contributed by atoms with Crippen molar-refractivity contribution in [1.82, 2.24) is 20.7 Å². The van der Waals surface area contributed by atoms with Gasteiger partial charge in [0.2, 0.25) is 0 Å². The lowest BCUT2D eigenvalue weighted by Crippen LogP contribution is -2.22. The number of carbonyl (C=O) groups is 1. The molecule has 0 aliphatic heterocycles. The molecule has 2 N–H and O–H groups in total. The number of hydrogen-bond donors (Lipinski definition) is 2. The smallest absolute Gasteiger partial charge is 0.273 e. The normalized spacial score (nSPS) is 10.2. The van der Waals surface area contributed by atoms with Crippen LogP contribution < -0.4 is 5.32 Å². The second-order valence-corrected chi connectivity index (χ2v) is 4.68. The standard InChI is InChI=1S/C8H7BrN4OS/c9-5-1-6(15-4-5)2-10-8(14)7-3-11-13-12-7/h1,3-4H,2H2,(H,10,14)(H,11,12,13). The number of thiophene rings is 1. The second kappa shape index (κ2) is 4.54. The Bertz CT molecular complexity index is 453. The molecule has 0 atom stereocenters. The first-order chi connectivity index (χ1) is 7.25. The molecule has 78 valence electrons. The molecule has 1 amide bonds. The van der Waals surface area contributed by atoms with Gasteiger partial charge in [-0.25, -0.2) is 0 Å². The third-order valence-electron chi connectivity index (χ3n) is 1.69. The van der Waals surface area contributed by atoms with Crippen LogP contribution in [0.2, 0.25) is 0 Å². The average Bonchev–Trinajstić information content (AvgIpc) is 2.84. The van der Waals surface area contributed by atoms with E-state index in [2.05, 4.69) is 36.7 Å². The molecule has 0 aliphatic rings. The summed E-state index contributed by atoms with van der Waals surface area (Å²) in [6, 6.07) is 1.97. The van der Waals surface area contributed by atoms with Crippen molar-refractivity contribution in [1.29, 1.82) is 0 Å². The van der Waals surface area contributed by atoms with Gasteiger partial charge in [0.1, 0.15) is 0 Å². The molecule has 0 spiro atoms. The van der Waals surface area contributed by atoms with Crippen LogP contribution in [0.5, 0.6) is 0 Å². The van der Waals surface area contributed by atoms with Crippen molar-refractivity contribution in [2.45, 2.75) is 6.54 Å². The van der Waals surface area contributed by atoms with Crippen molar-refractivity contribution in [3.05, 3.63) is 32.7 Å². The van der Waals surface area contributed by atoms with Gasteiger partial charge in [-0.2, -0.15) is 15.4 Å². The molecule has 2 heterocycles. The van der Waals surface area contributed by atoms with Gasteiger partial charge < -0.3 is 5.32 Å². The number of aromatic nitrogens is 3. The largest absolute Gasteiger partial charge is 0.346 e. The molecule has 5 nitrogen and oxygen atoms in total. The zero-order valence-electron chi connectivity index (χ0n) is 7.53. The first-order valence-corrected chi connectivity index (χ1v) is 5.80. The number of amides is 1. The Morgan fingerprint density at radius 2 is 2.53 bits per heavy atom. The minimum atomic E-state index is -0.228. The molecule has 0 bridgehead atoms. The van der Waals surface area contributed by atoms with Gasteiger partial charge in [-0.05, 0) is 22.0 Å². The monoisotopic (exact) mass is 286 g/mol. The number of rotatable bonds is 3. The SMILES string of the molecule is O=C(NCc1cc(Br)cs1)c1cn[nH]n1. The summed E-state index contributed by atoms with van der Waals surface area (Å²) in [7, 11) is 0. The maximum Gasteiger partial charge on any atom is 0.273 e. The number of carbonyl (C=O) groups excluding carboxylic acids is 1. The molecule has 0 saturated carbocycles. The van der Waals surface area contributed by atoms with Gasteiger partial charge in [-0.1, -0.05) is 0 Å². The molecule has 2 aromatic heterocycles.